The van der Waals surface area contributed by atoms with Crippen molar-refractivity contribution in [1.29, 1.82) is 0 Å². The maximum absolute atomic E-state index is 5.91. The predicted octanol–water partition coefficient (Wildman–Crippen LogP) is 1.77. The van der Waals surface area contributed by atoms with Gasteiger partial charge in [-0.2, -0.15) is 0 Å². The quantitative estimate of drug-likeness (QED) is 0.713. The van der Waals surface area contributed by atoms with Crippen LogP contribution in [0.1, 0.15) is 0 Å². The van der Waals surface area contributed by atoms with E-state index in [1.807, 2.05) is 18.3 Å². The molecule has 4 nitrogen and oxygen atoms in total. The van der Waals surface area contributed by atoms with Crippen LogP contribution in [0.5, 0.6) is 11.5 Å². The van der Waals surface area contributed by atoms with E-state index in [2.05, 4.69) is 4.98 Å². The fraction of sp³-hybridized carbons (Fsp3) is 0.200. The zero-order chi connectivity index (χ0) is 10.1. The Morgan fingerprint density at radius 1 is 1.29 bits per heavy atom. The fourth-order valence-corrected chi connectivity index (χ4v) is 1.55. The highest BCUT2D eigenvalue weighted by molar-refractivity contribution is 5.95. The molecule has 0 saturated heterocycles. The zero-order valence-corrected chi connectivity index (χ0v) is 8.13. The summed E-state index contributed by atoms with van der Waals surface area (Å²) in [5.74, 6) is 1.22. The van der Waals surface area contributed by atoms with Crippen LogP contribution in [0.2, 0.25) is 0 Å². The van der Waals surface area contributed by atoms with Gasteiger partial charge < -0.3 is 20.2 Å². The predicted molar refractivity (Wildman–Crippen MR) is 55.8 cm³/mol. The number of fused-ring (bicyclic) bond motifs is 1. The first kappa shape index (κ1) is 8.74. The Labute approximate surface area is 81.6 Å². The number of anilines is 1. The number of hydrogen-bond acceptors (Lipinski definition) is 3. The van der Waals surface area contributed by atoms with Crippen molar-refractivity contribution in [2.24, 2.45) is 0 Å². The molecule has 0 unspecified atom stereocenters. The molecule has 0 bridgehead atoms. The Morgan fingerprint density at radius 3 is 2.71 bits per heavy atom. The molecule has 1 aromatic heterocycles. The summed E-state index contributed by atoms with van der Waals surface area (Å²) in [5, 5.41) is 1.01. The largest absolute Gasteiger partial charge is 0.493 e. The lowest BCUT2D eigenvalue weighted by Gasteiger charge is -2.10. The highest BCUT2D eigenvalue weighted by Crippen LogP contribution is 2.38. The van der Waals surface area contributed by atoms with Gasteiger partial charge in [0.05, 0.1) is 19.7 Å². The van der Waals surface area contributed by atoms with Crippen LogP contribution in [0.3, 0.4) is 0 Å². The molecule has 4 heteroatoms. The Morgan fingerprint density at radius 2 is 2.07 bits per heavy atom. The molecule has 3 N–H and O–H groups in total. The van der Waals surface area contributed by atoms with E-state index in [4.69, 9.17) is 15.2 Å². The Balaban J connectivity index is 2.79. The summed E-state index contributed by atoms with van der Waals surface area (Å²) >= 11 is 0. The van der Waals surface area contributed by atoms with Gasteiger partial charge in [-0.3, -0.25) is 0 Å². The lowest BCUT2D eigenvalue weighted by molar-refractivity contribution is 0.357. The van der Waals surface area contributed by atoms with E-state index in [0.717, 1.165) is 10.9 Å². The SMILES string of the molecule is COc1cc2cc[nH]c2c(N)c1OC. The average Bonchev–Trinajstić information content (AvgIpc) is 2.65. The van der Waals surface area contributed by atoms with Crippen LogP contribution in [0, 0.1) is 0 Å². The van der Waals surface area contributed by atoms with Crippen LogP contribution < -0.4 is 15.2 Å². The number of nitrogens with one attached hydrogen (secondary N) is 1. The molecular formula is C10H12N2O2. The normalized spacial score (nSPS) is 10.4. The van der Waals surface area contributed by atoms with Crippen LogP contribution in [-0.2, 0) is 0 Å². The van der Waals surface area contributed by atoms with Crippen molar-refractivity contribution in [3.8, 4) is 11.5 Å². The molecule has 0 aliphatic heterocycles. The van der Waals surface area contributed by atoms with Gasteiger partial charge in [-0.05, 0) is 12.1 Å². The molecular weight excluding hydrogens is 180 g/mol. The molecule has 0 aliphatic rings. The number of aromatic nitrogens is 1. The van der Waals surface area contributed by atoms with Gasteiger partial charge in [-0.1, -0.05) is 0 Å². The number of H-pyrrole nitrogens is 1. The molecule has 2 aromatic rings. The smallest absolute Gasteiger partial charge is 0.185 e. The number of aromatic amines is 1. The van der Waals surface area contributed by atoms with Crippen LogP contribution >= 0.6 is 0 Å². The van der Waals surface area contributed by atoms with Gasteiger partial charge in [0.1, 0.15) is 5.69 Å². The van der Waals surface area contributed by atoms with E-state index < -0.39 is 0 Å². The van der Waals surface area contributed by atoms with Gasteiger partial charge in [0.15, 0.2) is 11.5 Å². The van der Waals surface area contributed by atoms with Crippen molar-refractivity contribution in [2.45, 2.75) is 0 Å². The number of nitrogens with two attached hydrogens (primary N) is 1. The van der Waals surface area contributed by atoms with Gasteiger partial charge in [0.2, 0.25) is 0 Å². The van der Waals surface area contributed by atoms with E-state index in [0.29, 0.717) is 17.2 Å². The van der Waals surface area contributed by atoms with Crippen molar-refractivity contribution in [3.05, 3.63) is 18.3 Å². The van der Waals surface area contributed by atoms with Crippen LogP contribution in [0.15, 0.2) is 18.3 Å². The molecule has 1 heterocycles. The molecule has 0 atom stereocenters. The molecule has 2 rings (SSSR count). The third-order valence-corrected chi connectivity index (χ3v) is 2.23. The summed E-state index contributed by atoms with van der Waals surface area (Å²) in [6, 6.07) is 3.83. The van der Waals surface area contributed by atoms with Crippen LogP contribution in [0.4, 0.5) is 5.69 Å². The molecule has 0 spiro atoms. The summed E-state index contributed by atoms with van der Waals surface area (Å²) < 4.78 is 10.4. The van der Waals surface area contributed by atoms with E-state index in [1.165, 1.54) is 0 Å². The van der Waals surface area contributed by atoms with Crippen LogP contribution in [0.25, 0.3) is 10.9 Å². The highest BCUT2D eigenvalue weighted by Gasteiger charge is 2.12. The van der Waals surface area contributed by atoms with Crippen molar-refractivity contribution in [1.82, 2.24) is 4.98 Å². The number of hydrogen-bond donors (Lipinski definition) is 2. The van der Waals surface area contributed by atoms with Crippen molar-refractivity contribution in [2.75, 3.05) is 20.0 Å². The number of benzene rings is 1. The number of nitrogen functional groups attached to an aromatic ring is 1. The van der Waals surface area contributed by atoms with Crippen molar-refractivity contribution < 1.29 is 9.47 Å². The lowest BCUT2D eigenvalue weighted by atomic mass is 10.2. The summed E-state index contributed by atoms with van der Waals surface area (Å²) in [6.07, 6.45) is 1.83. The molecule has 1 aromatic carbocycles. The Bertz CT molecular complexity index is 462. The van der Waals surface area contributed by atoms with Crippen LogP contribution in [-0.4, -0.2) is 19.2 Å². The van der Waals surface area contributed by atoms with Gasteiger partial charge >= 0.3 is 0 Å². The molecule has 0 fully saturated rings. The van der Waals surface area contributed by atoms with Gasteiger partial charge in [0.25, 0.3) is 0 Å². The van der Waals surface area contributed by atoms with Crippen molar-refractivity contribution in [3.63, 3.8) is 0 Å². The number of ether oxygens (including phenoxy) is 2. The molecule has 74 valence electrons. The molecule has 14 heavy (non-hydrogen) atoms. The standard InChI is InChI=1S/C10H12N2O2/c1-13-7-5-6-3-4-12-9(6)8(11)10(7)14-2/h3-5,12H,11H2,1-2H3. The lowest BCUT2D eigenvalue weighted by Crippen LogP contribution is -1.96. The maximum atomic E-state index is 5.91. The molecule has 0 saturated carbocycles. The summed E-state index contributed by atoms with van der Waals surface area (Å²) in [7, 11) is 3.17. The second-order valence-electron chi connectivity index (χ2n) is 2.97. The van der Waals surface area contributed by atoms with Gasteiger partial charge in [-0.15, -0.1) is 0 Å². The highest BCUT2D eigenvalue weighted by atomic mass is 16.5. The van der Waals surface area contributed by atoms with Crippen molar-refractivity contribution >= 4 is 16.6 Å². The molecule has 0 amide bonds. The third kappa shape index (κ3) is 1.08. The third-order valence-electron chi connectivity index (χ3n) is 2.23. The molecule has 0 aliphatic carbocycles. The Hall–Kier alpha value is -1.84. The minimum atomic E-state index is 0.572. The summed E-state index contributed by atoms with van der Waals surface area (Å²) in [6.45, 7) is 0. The van der Waals surface area contributed by atoms with E-state index >= 15 is 0 Å². The topological polar surface area (TPSA) is 60.3 Å². The van der Waals surface area contributed by atoms with E-state index in [9.17, 15) is 0 Å². The first-order valence-electron chi connectivity index (χ1n) is 4.25. The maximum Gasteiger partial charge on any atom is 0.185 e. The fourth-order valence-electron chi connectivity index (χ4n) is 1.55. The van der Waals surface area contributed by atoms with Gasteiger partial charge in [0, 0.05) is 11.6 Å². The van der Waals surface area contributed by atoms with E-state index in [1.54, 1.807) is 14.2 Å². The average molecular weight is 192 g/mol. The summed E-state index contributed by atoms with van der Waals surface area (Å²) in [4.78, 5) is 3.05. The number of methoxy groups -OCH3 is 2. The monoisotopic (exact) mass is 192 g/mol. The minimum Gasteiger partial charge on any atom is -0.493 e. The molecule has 0 radical (unpaired) electrons. The first-order valence-corrected chi connectivity index (χ1v) is 4.25. The van der Waals surface area contributed by atoms with E-state index in [-0.39, 0.29) is 0 Å². The summed E-state index contributed by atoms with van der Waals surface area (Å²) in [5.41, 5.74) is 7.37. The number of rotatable bonds is 2. The van der Waals surface area contributed by atoms with Gasteiger partial charge in [-0.25, -0.2) is 0 Å². The first-order chi connectivity index (χ1) is 6.77. The minimum absolute atomic E-state index is 0.572. The second kappa shape index (κ2) is 3.14. The second-order valence-corrected chi connectivity index (χ2v) is 2.97. The Kier molecular flexibility index (Phi) is 1.96. The zero-order valence-electron chi connectivity index (χ0n) is 8.13.